The van der Waals surface area contributed by atoms with E-state index in [1.54, 1.807) is 61.1 Å². The number of rotatable bonds is 10. The maximum absolute atomic E-state index is 14.7. The van der Waals surface area contributed by atoms with Crippen molar-refractivity contribution < 1.29 is 27.9 Å². The molecule has 67 heavy (non-hydrogen) atoms. The Morgan fingerprint density at radius 1 is 0.716 bits per heavy atom. The standard InChI is InChI=1S/C49H48F2N12O4/c1-67-33-6-5-30-27-63(47(64)24-31(30)21-33)46-23-32(22-39(57-46)49(66)59-40-25-53-12-9-43(40)60-18-14-52-15-19-60)42-29-61(20-16-55-42)44-10-13-54-26-41(44)58-48(65)38-3-2-4-45(56-38)62-17-11-34-35(28-62)37(51)8-7-36(34)50/h2-10,12-13,21-23,25-26,42,52,55H,11,14-20,24,27-29H2,1H3,(H,58,65)(H,59,66). The number of benzene rings is 2. The van der Waals surface area contributed by atoms with Gasteiger partial charge in [-0.25, -0.2) is 18.7 Å². The molecular weight excluding hydrogens is 859 g/mol. The van der Waals surface area contributed by atoms with E-state index in [1.807, 2.05) is 41.3 Å². The molecule has 2 saturated heterocycles. The fourth-order valence-corrected chi connectivity index (χ4v) is 9.27. The van der Waals surface area contributed by atoms with Crippen molar-refractivity contribution in [2.24, 2.45) is 0 Å². The van der Waals surface area contributed by atoms with E-state index in [1.165, 1.54) is 0 Å². The van der Waals surface area contributed by atoms with Gasteiger partial charge in [-0.2, -0.15) is 0 Å². The number of hydrogen-bond donors (Lipinski definition) is 4. The van der Waals surface area contributed by atoms with Crippen LogP contribution in [0.2, 0.25) is 0 Å². The Morgan fingerprint density at radius 3 is 2.18 bits per heavy atom. The first-order valence-electron chi connectivity index (χ1n) is 22.3. The second-order valence-corrected chi connectivity index (χ2v) is 16.9. The number of nitrogens with zero attached hydrogens (tertiary/aromatic N) is 8. The summed E-state index contributed by atoms with van der Waals surface area (Å²) in [5.41, 5.74) is 6.10. The maximum Gasteiger partial charge on any atom is 0.274 e. The minimum Gasteiger partial charge on any atom is -0.497 e. The van der Waals surface area contributed by atoms with Crippen LogP contribution in [-0.4, -0.2) is 97.1 Å². The number of pyridine rings is 4. The topological polar surface area (TPSA) is 173 Å². The van der Waals surface area contributed by atoms with Gasteiger partial charge in [-0.15, -0.1) is 0 Å². The lowest BCUT2D eigenvalue weighted by Crippen LogP contribution is -2.46. The molecule has 4 aliphatic heterocycles. The summed E-state index contributed by atoms with van der Waals surface area (Å²) < 4.78 is 34.6. The number of halogens is 2. The van der Waals surface area contributed by atoms with E-state index in [0.717, 1.165) is 66.4 Å². The molecule has 2 aromatic carbocycles. The fraction of sp³-hybridized carbons (Fsp3) is 0.286. The van der Waals surface area contributed by atoms with Crippen LogP contribution < -0.4 is 45.6 Å². The van der Waals surface area contributed by atoms with Crippen LogP contribution in [0.3, 0.4) is 0 Å². The lowest BCUT2D eigenvalue weighted by Gasteiger charge is -2.37. The SMILES string of the molecule is COc1ccc2c(c1)CC(=O)N(c1cc(C3CN(c4ccncc4NC(=O)c4cccc(N5CCc6c(F)ccc(F)c6C5)n4)CCN3)cc(C(=O)Nc3cnccc3N3CCNCC3)n1)C2. The van der Waals surface area contributed by atoms with E-state index in [9.17, 15) is 23.2 Å². The van der Waals surface area contributed by atoms with Gasteiger partial charge >= 0.3 is 0 Å². The molecule has 0 bridgehead atoms. The maximum atomic E-state index is 14.7. The number of aromatic nitrogens is 4. The van der Waals surface area contributed by atoms with Gasteiger partial charge in [0.15, 0.2) is 0 Å². The van der Waals surface area contributed by atoms with Crippen molar-refractivity contribution in [3.8, 4) is 5.75 Å². The highest BCUT2D eigenvalue weighted by molar-refractivity contribution is 6.06. The van der Waals surface area contributed by atoms with Crippen molar-refractivity contribution in [3.05, 3.63) is 148 Å². The summed E-state index contributed by atoms with van der Waals surface area (Å²) in [6.07, 6.45) is 7.04. The Hall–Kier alpha value is -7.57. The summed E-state index contributed by atoms with van der Waals surface area (Å²) in [7, 11) is 1.59. The molecule has 4 aliphatic rings. The van der Waals surface area contributed by atoms with Crippen LogP contribution in [0.15, 0.2) is 97.6 Å². The number of fused-ring (bicyclic) bond motifs is 2. The van der Waals surface area contributed by atoms with Gasteiger partial charge in [0.1, 0.15) is 40.4 Å². The molecule has 0 aliphatic carbocycles. The molecule has 4 aromatic heterocycles. The van der Waals surface area contributed by atoms with Gasteiger partial charge in [-0.05, 0) is 89.3 Å². The van der Waals surface area contributed by atoms with Gasteiger partial charge in [-0.1, -0.05) is 12.1 Å². The van der Waals surface area contributed by atoms with E-state index in [2.05, 4.69) is 46.0 Å². The third kappa shape index (κ3) is 9.04. The summed E-state index contributed by atoms with van der Waals surface area (Å²) in [6.45, 7) is 5.52. The third-order valence-corrected chi connectivity index (χ3v) is 12.8. The lowest BCUT2D eigenvalue weighted by atomic mass is 9.98. The molecule has 0 spiro atoms. The molecule has 8 heterocycles. The average Bonchev–Trinajstić information content (AvgIpc) is 3.37. The van der Waals surface area contributed by atoms with E-state index in [4.69, 9.17) is 9.72 Å². The van der Waals surface area contributed by atoms with Crippen LogP contribution >= 0.6 is 0 Å². The minimum absolute atomic E-state index is 0.124. The van der Waals surface area contributed by atoms with Crippen LogP contribution in [-0.2, 0) is 30.7 Å². The van der Waals surface area contributed by atoms with E-state index in [-0.39, 0.29) is 48.4 Å². The summed E-state index contributed by atoms with van der Waals surface area (Å²) in [5.74, 6) is -0.491. The molecule has 1 unspecified atom stereocenters. The van der Waals surface area contributed by atoms with Crippen LogP contribution in [0, 0.1) is 11.6 Å². The van der Waals surface area contributed by atoms with Crippen molar-refractivity contribution in [1.29, 1.82) is 0 Å². The van der Waals surface area contributed by atoms with Gasteiger partial charge in [0, 0.05) is 76.9 Å². The molecular formula is C49H48F2N12O4. The number of methoxy groups -OCH3 is 1. The molecule has 3 amide bonds. The highest BCUT2D eigenvalue weighted by Gasteiger charge is 2.31. The Kier molecular flexibility index (Phi) is 12.1. The van der Waals surface area contributed by atoms with Crippen LogP contribution in [0.1, 0.15) is 54.8 Å². The Labute approximate surface area is 385 Å². The highest BCUT2D eigenvalue weighted by Crippen LogP contribution is 2.34. The number of hydrogen-bond acceptors (Lipinski definition) is 13. The predicted octanol–water partition coefficient (Wildman–Crippen LogP) is 5.27. The number of ether oxygens (including phenoxy) is 1. The summed E-state index contributed by atoms with van der Waals surface area (Å²) in [6, 6.07) is 20.0. The monoisotopic (exact) mass is 906 g/mol. The zero-order chi connectivity index (χ0) is 46.0. The molecule has 10 rings (SSSR count). The van der Waals surface area contributed by atoms with Gasteiger partial charge in [0.2, 0.25) is 5.91 Å². The van der Waals surface area contributed by atoms with Crippen molar-refractivity contribution in [2.75, 3.05) is 89.7 Å². The van der Waals surface area contributed by atoms with Crippen molar-refractivity contribution in [2.45, 2.75) is 32.0 Å². The molecule has 0 radical (unpaired) electrons. The van der Waals surface area contributed by atoms with Gasteiger partial charge < -0.3 is 40.7 Å². The largest absolute Gasteiger partial charge is 0.497 e. The van der Waals surface area contributed by atoms with Crippen molar-refractivity contribution in [3.63, 3.8) is 0 Å². The van der Waals surface area contributed by atoms with E-state index >= 15 is 0 Å². The minimum atomic E-state index is -0.477. The lowest BCUT2D eigenvalue weighted by molar-refractivity contribution is -0.118. The first kappa shape index (κ1) is 43.3. The molecule has 2 fully saturated rings. The number of piperazine rings is 2. The first-order valence-corrected chi connectivity index (χ1v) is 22.3. The van der Waals surface area contributed by atoms with Gasteiger partial charge in [-0.3, -0.25) is 29.3 Å². The van der Waals surface area contributed by atoms with Crippen LogP contribution in [0.5, 0.6) is 5.75 Å². The molecule has 16 nitrogen and oxygen atoms in total. The number of carbonyl (C=O) groups excluding carboxylic acids is 3. The van der Waals surface area contributed by atoms with E-state index in [0.29, 0.717) is 66.9 Å². The molecule has 1 atom stereocenters. The summed E-state index contributed by atoms with van der Waals surface area (Å²) in [4.78, 5) is 68.0. The molecule has 18 heteroatoms. The summed E-state index contributed by atoms with van der Waals surface area (Å²) in [5, 5.41) is 13.0. The van der Waals surface area contributed by atoms with Crippen molar-refractivity contribution >= 4 is 52.1 Å². The Bertz CT molecular complexity index is 2880. The molecule has 0 saturated carbocycles. The van der Waals surface area contributed by atoms with Crippen molar-refractivity contribution in [1.82, 2.24) is 30.6 Å². The number of nitrogens with one attached hydrogen (secondary N) is 4. The van der Waals surface area contributed by atoms with Gasteiger partial charge in [0.05, 0.1) is 61.3 Å². The number of carbonyl (C=O) groups is 3. The molecule has 342 valence electrons. The predicted molar refractivity (Wildman–Crippen MR) is 250 cm³/mol. The Balaban J connectivity index is 0.914. The highest BCUT2D eigenvalue weighted by atomic mass is 19.1. The third-order valence-electron chi connectivity index (χ3n) is 12.8. The van der Waals surface area contributed by atoms with Crippen LogP contribution in [0.25, 0.3) is 0 Å². The van der Waals surface area contributed by atoms with Gasteiger partial charge in [0.25, 0.3) is 11.8 Å². The zero-order valence-corrected chi connectivity index (χ0v) is 36.8. The fourth-order valence-electron chi connectivity index (χ4n) is 9.27. The second kappa shape index (κ2) is 18.7. The summed E-state index contributed by atoms with van der Waals surface area (Å²) >= 11 is 0. The number of anilines is 6. The quantitative estimate of drug-likeness (QED) is 0.140. The smallest absolute Gasteiger partial charge is 0.274 e. The normalized spacial score (nSPS) is 17.1. The average molecular weight is 907 g/mol. The zero-order valence-electron chi connectivity index (χ0n) is 36.8. The Morgan fingerprint density at radius 2 is 1.42 bits per heavy atom. The second-order valence-electron chi connectivity index (χ2n) is 16.9. The van der Waals surface area contributed by atoms with Crippen LogP contribution in [0.4, 0.5) is 43.2 Å². The number of amides is 3. The molecule has 6 aromatic rings. The van der Waals surface area contributed by atoms with E-state index < -0.39 is 23.4 Å². The first-order chi connectivity index (χ1) is 32.7. The molecule has 4 N–H and O–H groups in total.